The van der Waals surface area contributed by atoms with Crippen molar-refractivity contribution in [1.82, 2.24) is 4.99 Å². The van der Waals surface area contributed by atoms with E-state index in [-0.39, 0.29) is 6.61 Å². The molecule has 0 saturated carbocycles. The Balaban J connectivity index is 2.68. The van der Waals surface area contributed by atoms with Crippen LogP contribution in [0.5, 0.6) is 0 Å². The molecule has 0 unspecified atom stereocenters. The number of allylic oxidation sites excluding steroid dienone is 2. The molecule has 1 heterocycles. The second-order valence-electron chi connectivity index (χ2n) is 1.52. The van der Waals surface area contributed by atoms with Gasteiger partial charge in [-0.25, -0.2) is 0 Å². The first-order chi connectivity index (χ1) is 3.93. The Kier molecular flexibility index (Phi) is 1.59. The minimum Gasteiger partial charge on any atom is -0.391 e. The number of aliphatic imine (C=N–C) groups is 1. The van der Waals surface area contributed by atoms with Crippen LogP contribution in [0.1, 0.15) is 0 Å². The van der Waals surface area contributed by atoms with Crippen molar-refractivity contribution in [3.8, 4) is 0 Å². The topological polar surface area (TPSA) is 34.3 Å². The van der Waals surface area contributed by atoms with Gasteiger partial charge in [0.1, 0.15) is 0 Å². The largest absolute Gasteiger partial charge is 0.391 e. The third-order valence-corrected chi connectivity index (χ3v) is 0.905. The number of aliphatic hydroxyl groups excluding tert-OH is 1. The SMILES string of the molecule is OCC1=CC=C[N+]=C1. The van der Waals surface area contributed by atoms with Crippen molar-refractivity contribution in [2.75, 3.05) is 6.61 Å². The van der Waals surface area contributed by atoms with Crippen molar-refractivity contribution < 1.29 is 5.11 Å². The molecule has 1 radical (unpaired) electrons. The van der Waals surface area contributed by atoms with E-state index in [0.29, 0.717) is 0 Å². The van der Waals surface area contributed by atoms with Crippen molar-refractivity contribution in [1.29, 1.82) is 0 Å². The molecule has 0 fully saturated rings. The predicted molar refractivity (Wildman–Crippen MR) is 32.5 cm³/mol. The summed E-state index contributed by atoms with van der Waals surface area (Å²) in [4.78, 5) is 3.80. The number of nitrogens with zero attached hydrogens (tertiary/aromatic N) is 1. The molecule has 1 N–H and O–H groups in total. The molecule has 0 atom stereocenters. The Morgan fingerprint density at radius 2 is 2.50 bits per heavy atom. The smallest absolute Gasteiger partial charge is 0.247 e. The summed E-state index contributed by atoms with van der Waals surface area (Å²) >= 11 is 0. The highest BCUT2D eigenvalue weighted by Gasteiger charge is 1.98. The maximum atomic E-state index is 8.50. The molecule has 0 aromatic rings. The Morgan fingerprint density at radius 1 is 1.62 bits per heavy atom. The van der Waals surface area contributed by atoms with Gasteiger partial charge in [0.25, 0.3) is 0 Å². The zero-order chi connectivity index (χ0) is 5.82. The highest BCUT2D eigenvalue weighted by molar-refractivity contribution is 5.79. The molecule has 0 amide bonds. The van der Waals surface area contributed by atoms with Crippen LogP contribution in [0.25, 0.3) is 0 Å². The Morgan fingerprint density at radius 3 is 2.88 bits per heavy atom. The van der Waals surface area contributed by atoms with Gasteiger partial charge in [-0.05, 0) is 6.08 Å². The number of aliphatic hydroxyl groups is 1. The summed E-state index contributed by atoms with van der Waals surface area (Å²) in [6, 6.07) is 0. The maximum absolute atomic E-state index is 8.50. The molecule has 0 bridgehead atoms. The molecule has 1 aliphatic rings. The van der Waals surface area contributed by atoms with E-state index in [4.69, 9.17) is 5.11 Å². The van der Waals surface area contributed by atoms with E-state index in [2.05, 4.69) is 4.99 Å². The third-order valence-electron chi connectivity index (χ3n) is 0.905. The summed E-state index contributed by atoms with van der Waals surface area (Å²) in [6.45, 7) is 0.0772. The Bertz CT molecular complexity index is 156. The average molecular weight is 109 g/mol. The van der Waals surface area contributed by atoms with Crippen molar-refractivity contribution in [2.45, 2.75) is 0 Å². The van der Waals surface area contributed by atoms with E-state index < -0.39 is 0 Å². The van der Waals surface area contributed by atoms with Gasteiger partial charge in [-0.1, -0.05) is 0 Å². The lowest BCUT2D eigenvalue weighted by Crippen LogP contribution is -1.97. The highest BCUT2D eigenvalue weighted by atomic mass is 16.3. The van der Waals surface area contributed by atoms with Gasteiger partial charge in [-0.3, -0.25) is 0 Å². The van der Waals surface area contributed by atoms with Gasteiger partial charge in [-0.2, -0.15) is 0 Å². The zero-order valence-electron chi connectivity index (χ0n) is 4.41. The molecular weight excluding hydrogens is 102 g/mol. The Hall–Kier alpha value is -0.890. The second kappa shape index (κ2) is 2.43. The van der Waals surface area contributed by atoms with Crippen LogP contribution >= 0.6 is 0 Å². The lowest BCUT2D eigenvalue weighted by atomic mass is 10.2. The molecule has 0 saturated heterocycles. The van der Waals surface area contributed by atoms with E-state index in [1.54, 1.807) is 18.5 Å². The molecule has 0 spiro atoms. The Labute approximate surface area is 47.9 Å². The predicted octanol–water partition coefficient (Wildman–Crippen LogP) is -0.161. The first kappa shape index (κ1) is 5.25. The minimum absolute atomic E-state index is 0.0772. The first-order valence-electron chi connectivity index (χ1n) is 2.43. The molecule has 2 heteroatoms. The molecule has 2 nitrogen and oxygen atoms in total. The fourth-order valence-corrected chi connectivity index (χ4v) is 0.492. The van der Waals surface area contributed by atoms with Gasteiger partial charge < -0.3 is 5.11 Å². The van der Waals surface area contributed by atoms with Gasteiger partial charge in [-0.15, -0.1) is 0 Å². The minimum atomic E-state index is 0.0772. The van der Waals surface area contributed by atoms with Crippen LogP contribution in [-0.4, -0.2) is 17.9 Å². The number of hydrogen-bond acceptors (Lipinski definition) is 2. The van der Waals surface area contributed by atoms with Gasteiger partial charge in [0.15, 0.2) is 0 Å². The summed E-state index contributed by atoms with van der Waals surface area (Å²) in [5.74, 6) is 0. The van der Waals surface area contributed by atoms with Gasteiger partial charge in [0.05, 0.1) is 11.6 Å². The first-order valence-corrected chi connectivity index (χ1v) is 2.43. The van der Waals surface area contributed by atoms with E-state index in [9.17, 15) is 0 Å². The summed E-state index contributed by atoms with van der Waals surface area (Å²) in [6.07, 6.45) is 6.94. The van der Waals surface area contributed by atoms with Crippen LogP contribution in [0.15, 0.2) is 23.9 Å². The summed E-state index contributed by atoms with van der Waals surface area (Å²) in [5.41, 5.74) is 0.854. The van der Waals surface area contributed by atoms with Crippen LogP contribution in [0, 0.1) is 0 Å². The summed E-state index contributed by atoms with van der Waals surface area (Å²) < 4.78 is 0. The van der Waals surface area contributed by atoms with Crippen molar-refractivity contribution >= 4 is 6.21 Å². The van der Waals surface area contributed by atoms with Crippen molar-refractivity contribution in [3.05, 3.63) is 23.9 Å². The van der Waals surface area contributed by atoms with Gasteiger partial charge >= 0.3 is 0 Å². The van der Waals surface area contributed by atoms with Crippen LogP contribution in [0.3, 0.4) is 0 Å². The standard InChI is InChI=1S/C6H7NO/c8-5-6-2-1-3-7-4-6/h1-4,8H,5H2/q+1. The normalized spacial score (nSPS) is 16.4. The molecule has 0 aliphatic carbocycles. The summed E-state index contributed by atoms with van der Waals surface area (Å²) in [5, 5.41) is 8.50. The van der Waals surface area contributed by atoms with Crippen molar-refractivity contribution in [2.24, 2.45) is 0 Å². The molecule has 1 aliphatic heterocycles. The lowest BCUT2D eigenvalue weighted by Gasteiger charge is -1.85. The van der Waals surface area contributed by atoms with E-state index >= 15 is 0 Å². The monoisotopic (exact) mass is 109 g/mol. The second-order valence-corrected chi connectivity index (χ2v) is 1.52. The van der Waals surface area contributed by atoms with Crippen LogP contribution in [0.4, 0.5) is 0 Å². The van der Waals surface area contributed by atoms with Gasteiger partial charge in [0.2, 0.25) is 12.4 Å². The molecule has 0 aromatic heterocycles. The van der Waals surface area contributed by atoms with Crippen LogP contribution in [0.2, 0.25) is 0 Å². The maximum Gasteiger partial charge on any atom is 0.247 e. The lowest BCUT2D eigenvalue weighted by molar-refractivity contribution is 0.337. The van der Waals surface area contributed by atoms with Gasteiger partial charge in [0, 0.05) is 11.6 Å². The number of rotatable bonds is 1. The fourth-order valence-electron chi connectivity index (χ4n) is 0.492. The molecular formula is C6H7NO+. The third kappa shape index (κ3) is 1.04. The zero-order valence-corrected chi connectivity index (χ0v) is 4.41. The molecule has 8 heavy (non-hydrogen) atoms. The number of hydrogen-bond donors (Lipinski definition) is 1. The highest BCUT2D eigenvalue weighted by Crippen LogP contribution is 1.90. The van der Waals surface area contributed by atoms with E-state index in [1.165, 1.54) is 0 Å². The molecule has 0 aromatic carbocycles. The summed E-state index contributed by atoms with van der Waals surface area (Å²) in [7, 11) is 0. The van der Waals surface area contributed by atoms with Crippen LogP contribution < -0.4 is 4.99 Å². The molecule has 41 valence electrons. The molecule has 1 rings (SSSR count). The van der Waals surface area contributed by atoms with Crippen LogP contribution in [-0.2, 0) is 0 Å². The average Bonchev–Trinajstić information content (AvgIpc) is 1.90. The van der Waals surface area contributed by atoms with E-state index in [0.717, 1.165) is 5.57 Å². The van der Waals surface area contributed by atoms with E-state index in [1.807, 2.05) is 6.08 Å². The quantitative estimate of drug-likeness (QED) is 0.498. The van der Waals surface area contributed by atoms with Crippen molar-refractivity contribution in [3.63, 3.8) is 0 Å². The fraction of sp³-hybridized carbons (Fsp3) is 0.167.